The highest BCUT2D eigenvalue weighted by molar-refractivity contribution is 6.30. The van der Waals surface area contributed by atoms with E-state index in [1.165, 1.54) is 18.2 Å². The SMILES string of the molecule is O=C(CNc1ccc(F)c([N+](=O)[O-])c1)Nc1cc(Cl)ccc1F. The molecular weight excluding hydrogens is 332 g/mol. The Hall–Kier alpha value is -2.74. The molecule has 0 saturated carbocycles. The van der Waals surface area contributed by atoms with Gasteiger partial charge in [-0.25, -0.2) is 4.39 Å². The summed E-state index contributed by atoms with van der Waals surface area (Å²) in [4.78, 5) is 21.5. The molecule has 0 aliphatic heterocycles. The molecule has 6 nitrogen and oxygen atoms in total. The number of rotatable bonds is 5. The molecule has 23 heavy (non-hydrogen) atoms. The standard InChI is InChI=1S/C14H10ClF2N3O3/c15-8-1-3-10(16)12(5-8)19-14(21)7-18-9-2-4-11(17)13(6-9)20(22)23/h1-6,18H,7H2,(H,19,21). The van der Waals surface area contributed by atoms with Gasteiger partial charge in [0.2, 0.25) is 11.7 Å². The van der Waals surface area contributed by atoms with Crippen LogP contribution in [0.15, 0.2) is 36.4 Å². The minimum Gasteiger partial charge on any atom is -0.376 e. The van der Waals surface area contributed by atoms with Crippen molar-refractivity contribution in [2.75, 3.05) is 17.2 Å². The molecule has 0 aliphatic rings. The highest BCUT2D eigenvalue weighted by Gasteiger charge is 2.15. The molecule has 9 heteroatoms. The number of benzene rings is 2. The van der Waals surface area contributed by atoms with Gasteiger partial charge in [-0.05, 0) is 30.3 Å². The van der Waals surface area contributed by atoms with Gasteiger partial charge in [0.05, 0.1) is 17.2 Å². The fourth-order valence-electron chi connectivity index (χ4n) is 1.73. The molecule has 0 aromatic heterocycles. The van der Waals surface area contributed by atoms with Crippen LogP contribution in [0, 0.1) is 21.7 Å². The van der Waals surface area contributed by atoms with Crippen LogP contribution < -0.4 is 10.6 Å². The summed E-state index contributed by atoms with van der Waals surface area (Å²) in [5.74, 6) is -2.23. The highest BCUT2D eigenvalue weighted by Crippen LogP contribution is 2.22. The summed E-state index contributed by atoms with van der Waals surface area (Å²) < 4.78 is 26.7. The number of carbonyl (C=O) groups is 1. The first kappa shape index (κ1) is 16.6. The van der Waals surface area contributed by atoms with Gasteiger partial charge in [0.1, 0.15) is 5.82 Å². The second-order valence-corrected chi connectivity index (χ2v) is 4.89. The van der Waals surface area contributed by atoms with Crippen LogP contribution in [0.1, 0.15) is 0 Å². The van der Waals surface area contributed by atoms with Crippen molar-refractivity contribution in [3.8, 4) is 0 Å². The normalized spacial score (nSPS) is 10.2. The molecule has 0 aliphatic carbocycles. The molecule has 0 spiro atoms. The zero-order chi connectivity index (χ0) is 17.0. The molecule has 0 radical (unpaired) electrons. The molecule has 2 rings (SSSR count). The second kappa shape index (κ2) is 7.01. The summed E-state index contributed by atoms with van der Waals surface area (Å²) in [6.07, 6.45) is 0. The monoisotopic (exact) mass is 341 g/mol. The van der Waals surface area contributed by atoms with Crippen LogP contribution >= 0.6 is 11.6 Å². The predicted molar refractivity (Wildman–Crippen MR) is 81.6 cm³/mol. The zero-order valence-corrected chi connectivity index (χ0v) is 12.2. The first-order valence-electron chi connectivity index (χ1n) is 6.29. The lowest BCUT2D eigenvalue weighted by atomic mass is 10.2. The van der Waals surface area contributed by atoms with Gasteiger partial charge in [0.25, 0.3) is 0 Å². The maximum Gasteiger partial charge on any atom is 0.306 e. The van der Waals surface area contributed by atoms with E-state index in [-0.39, 0.29) is 22.9 Å². The third kappa shape index (κ3) is 4.36. The largest absolute Gasteiger partial charge is 0.376 e. The lowest BCUT2D eigenvalue weighted by Gasteiger charge is -2.09. The Labute approximate surface area is 134 Å². The van der Waals surface area contributed by atoms with E-state index in [9.17, 15) is 23.7 Å². The van der Waals surface area contributed by atoms with Gasteiger partial charge < -0.3 is 10.6 Å². The van der Waals surface area contributed by atoms with Crippen LogP contribution in [0.4, 0.5) is 25.8 Å². The average molecular weight is 342 g/mol. The van der Waals surface area contributed by atoms with Gasteiger partial charge >= 0.3 is 5.69 Å². The van der Waals surface area contributed by atoms with Crippen molar-refractivity contribution < 1.29 is 18.5 Å². The molecule has 0 bridgehead atoms. The van der Waals surface area contributed by atoms with Crippen molar-refractivity contribution >= 4 is 34.6 Å². The number of nitrogens with one attached hydrogen (secondary N) is 2. The van der Waals surface area contributed by atoms with E-state index in [0.29, 0.717) is 0 Å². The van der Waals surface area contributed by atoms with Crippen molar-refractivity contribution in [1.82, 2.24) is 0 Å². The van der Waals surface area contributed by atoms with Gasteiger partial charge in [-0.3, -0.25) is 14.9 Å². The number of carbonyl (C=O) groups excluding carboxylic acids is 1. The molecule has 0 atom stereocenters. The molecule has 2 N–H and O–H groups in total. The van der Waals surface area contributed by atoms with Crippen LogP contribution in [-0.4, -0.2) is 17.4 Å². The number of nitro benzene ring substituents is 1. The summed E-state index contributed by atoms with van der Waals surface area (Å²) in [5, 5.41) is 15.8. The molecule has 0 unspecified atom stereocenters. The third-order valence-corrected chi connectivity index (χ3v) is 3.03. The van der Waals surface area contributed by atoms with E-state index in [2.05, 4.69) is 10.6 Å². The van der Waals surface area contributed by atoms with Crippen molar-refractivity contribution in [1.29, 1.82) is 0 Å². The van der Waals surface area contributed by atoms with Gasteiger partial charge in [0, 0.05) is 16.8 Å². The van der Waals surface area contributed by atoms with Gasteiger partial charge in [-0.15, -0.1) is 0 Å². The number of amides is 1. The van der Waals surface area contributed by atoms with Gasteiger partial charge in [-0.2, -0.15) is 4.39 Å². The molecule has 0 fully saturated rings. The Morgan fingerprint density at radius 2 is 1.87 bits per heavy atom. The molecular formula is C14H10ClF2N3O3. The highest BCUT2D eigenvalue weighted by atomic mass is 35.5. The number of nitrogens with zero attached hydrogens (tertiary/aromatic N) is 1. The van der Waals surface area contributed by atoms with Crippen molar-refractivity contribution in [3.05, 3.63) is 63.2 Å². The van der Waals surface area contributed by atoms with E-state index in [0.717, 1.165) is 18.2 Å². The number of nitro groups is 1. The molecule has 0 heterocycles. The molecule has 0 saturated heterocycles. The Morgan fingerprint density at radius 3 is 2.57 bits per heavy atom. The maximum atomic E-state index is 13.5. The number of hydrogen-bond acceptors (Lipinski definition) is 4. The zero-order valence-electron chi connectivity index (χ0n) is 11.5. The Kier molecular flexibility index (Phi) is 5.07. The second-order valence-electron chi connectivity index (χ2n) is 4.45. The van der Waals surface area contributed by atoms with E-state index >= 15 is 0 Å². The Morgan fingerprint density at radius 1 is 1.17 bits per heavy atom. The average Bonchev–Trinajstić information content (AvgIpc) is 2.50. The number of halogens is 3. The summed E-state index contributed by atoms with van der Waals surface area (Å²) in [6, 6.07) is 6.81. The number of anilines is 2. The summed E-state index contributed by atoms with van der Waals surface area (Å²) in [6.45, 7) is -0.297. The first-order chi connectivity index (χ1) is 10.9. The number of hydrogen-bond donors (Lipinski definition) is 2. The van der Waals surface area contributed by atoms with E-state index < -0.39 is 28.2 Å². The quantitative estimate of drug-likeness (QED) is 0.643. The molecule has 120 valence electrons. The fraction of sp³-hybridized carbons (Fsp3) is 0.0714. The summed E-state index contributed by atoms with van der Waals surface area (Å²) in [7, 11) is 0. The molecule has 1 amide bonds. The lowest BCUT2D eigenvalue weighted by Crippen LogP contribution is -2.22. The minimum absolute atomic E-state index is 0.0885. The van der Waals surface area contributed by atoms with E-state index in [1.807, 2.05) is 0 Å². The minimum atomic E-state index is -0.981. The van der Waals surface area contributed by atoms with E-state index in [4.69, 9.17) is 11.6 Å². The van der Waals surface area contributed by atoms with Crippen LogP contribution in [0.25, 0.3) is 0 Å². The Bertz CT molecular complexity index is 771. The topological polar surface area (TPSA) is 84.3 Å². The van der Waals surface area contributed by atoms with Crippen molar-refractivity contribution in [2.45, 2.75) is 0 Å². The van der Waals surface area contributed by atoms with Gasteiger partial charge in [0.15, 0.2) is 0 Å². The fourth-order valence-corrected chi connectivity index (χ4v) is 1.90. The molecule has 2 aromatic carbocycles. The van der Waals surface area contributed by atoms with Crippen LogP contribution in [-0.2, 0) is 4.79 Å². The van der Waals surface area contributed by atoms with Gasteiger partial charge in [-0.1, -0.05) is 11.6 Å². The molecule has 2 aromatic rings. The Balaban J connectivity index is 2.01. The van der Waals surface area contributed by atoms with Crippen molar-refractivity contribution in [3.63, 3.8) is 0 Å². The van der Waals surface area contributed by atoms with Crippen LogP contribution in [0.2, 0.25) is 5.02 Å². The van der Waals surface area contributed by atoms with Crippen LogP contribution in [0.3, 0.4) is 0 Å². The maximum absolute atomic E-state index is 13.5. The smallest absolute Gasteiger partial charge is 0.306 e. The summed E-state index contributed by atoms with van der Waals surface area (Å²) in [5.41, 5.74) is -0.620. The first-order valence-corrected chi connectivity index (χ1v) is 6.67. The van der Waals surface area contributed by atoms with Crippen LogP contribution in [0.5, 0.6) is 0 Å². The van der Waals surface area contributed by atoms with E-state index in [1.54, 1.807) is 0 Å². The van der Waals surface area contributed by atoms with Crippen molar-refractivity contribution in [2.24, 2.45) is 0 Å². The summed E-state index contributed by atoms with van der Waals surface area (Å²) >= 11 is 5.70. The lowest BCUT2D eigenvalue weighted by molar-refractivity contribution is -0.387. The third-order valence-electron chi connectivity index (χ3n) is 2.80. The predicted octanol–water partition coefficient (Wildman–Crippen LogP) is 3.58.